The van der Waals surface area contributed by atoms with Crippen LogP contribution in [0.4, 0.5) is 4.79 Å². The third kappa shape index (κ3) is 3.98. The molecule has 0 radical (unpaired) electrons. The highest BCUT2D eigenvalue weighted by molar-refractivity contribution is 6.06. The van der Waals surface area contributed by atoms with Crippen molar-refractivity contribution in [3.8, 4) is 0 Å². The Labute approximate surface area is 153 Å². The van der Waals surface area contributed by atoms with Gasteiger partial charge in [0.2, 0.25) is 6.41 Å². The number of nitrogens with zero attached hydrogens (tertiary/aromatic N) is 3. The summed E-state index contributed by atoms with van der Waals surface area (Å²) in [4.78, 5) is 49.8. The van der Waals surface area contributed by atoms with E-state index in [1.807, 2.05) is 0 Å². The molecule has 4 amide bonds. The van der Waals surface area contributed by atoms with Crippen molar-refractivity contribution in [2.75, 3.05) is 13.6 Å². The van der Waals surface area contributed by atoms with Gasteiger partial charge in [0.25, 0.3) is 5.91 Å². The first-order valence-electron chi connectivity index (χ1n) is 8.68. The number of urea groups is 1. The summed E-state index contributed by atoms with van der Waals surface area (Å²) < 4.78 is 0. The predicted molar refractivity (Wildman–Crippen MR) is 92.3 cm³/mol. The predicted octanol–water partition coefficient (Wildman–Crippen LogP) is 1.55. The zero-order chi connectivity index (χ0) is 20.3. The second kappa shape index (κ2) is 8.03. The Balaban J connectivity index is 2.77. The second-order valence-corrected chi connectivity index (χ2v) is 7.70. The number of carbonyl (C=O) groups excluding carboxylic acids is 3. The standard InChI is InChI=1S/C17H29N3O6/c1-12(2)10-17(14(23)24,20(26)11-21)8-6-7-9-19-13(22)16(3,4)18(5)15(19)25/h11-12,26H,6-10H2,1-5H3,(H,23,24)/t17-/m1/s1. The molecule has 1 aliphatic rings. The lowest BCUT2D eigenvalue weighted by Gasteiger charge is -2.35. The maximum absolute atomic E-state index is 12.3. The highest BCUT2D eigenvalue weighted by Gasteiger charge is 2.49. The third-order valence-corrected chi connectivity index (χ3v) is 5.03. The van der Waals surface area contributed by atoms with Gasteiger partial charge in [0, 0.05) is 13.6 Å². The molecule has 1 heterocycles. The van der Waals surface area contributed by atoms with Crippen LogP contribution in [0.1, 0.15) is 53.4 Å². The van der Waals surface area contributed by atoms with E-state index in [0.29, 0.717) is 12.8 Å². The fourth-order valence-electron chi connectivity index (χ4n) is 3.24. The van der Waals surface area contributed by atoms with Crippen LogP contribution in [0.3, 0.4) is 0 Å². The fraction of sp³-hybridized carbons (Fsp3) is 0.765. The van der Waals surface area contributed by atoms with Crippen LogP contribution in [-0.2, 0) is 14.4 Å². The number of carboxylic acid groups (broad SMARTS) is 1. The van der Waals surface area contributed by atoms with Crippen molar-refractivity contribution in [1.82, 2.24) is 14.9 Å². The maximum atomic E-state index is 12.3. The summed E-state index contributed by atoms with van der Waals surface area (Å²) in [6.07, 6.45) is 0.911. The Morgan fingerprint density at radius 3 is 2.27 bits per heavy atom. The molecule has 1 saturated heterocycles. The number of aliphatic carboxylic acids is 1. The van der Waals surface area contributed by atoms with Crippen LogP contribution in [-0.4, -0.2) is 74.2 Å². The van der Waals surface area contributed by atoms with Crippen molar-refractivity contribution in [2.45, 2.75) is 64.5 Å². The van der Waals surface area contributed by atoms with Crippen molar-refractivity contribution >= 4 is 24.3 Å². The second-order valence-electron chi connectivity index (χ2n) is 7.70. The number of rotatable bonds is 10. The van der Waals surface area contributed by atoms with Gasteiger partial charge in [-0.25, -0.2) is 14.7 Å². The summed E-state index contributed by atoms with van der Waals surface area (Å²) in [7, 11) is 1.56. The van der Waals surface area contributed by atoms with E-state index in [9.17, 15) is 29.5 Å². The normalized spacial score (nSPS) is 19.0. The minimum Gasteiger partial charge on any atom is -0.479 e. The van der Waals surface area contributed by atoms with Crippen LogP contribution >= 0.6 is 0 Å². The van der Waals surface area contributed by atoms with Gasteiger partial charge in [0.05, 0.1) is 0 Å². The van der Waals surface area contributed by atoms with Crippen molar-refractivity contribution in [3.63, 3.8) is 0 Å². The van der Waals surface area contributed by atoms with E-state index in [-0.39, 0.29) is 48.7 Å². The molecule has 0 saturated carbocycles. The van der Waals surface area contributed by atoms with Crippen LogP contribution in [0, 0.1) is 5.92 Å². The highest BCUT2D eigenvalue weighted by atomic mass is 16.5. The molecule has 1 fully saturated rings. The first-order chi connectivity index (χ1) is 11.9. The van der Waals surface area contributed by atoms with Gasteiger partial charge in [-0.2, -0.15) is 0 Å². The molecule has 148 valence electrons. The number of amides is 4. The van der Waals surface area contributed by atoms with Gasteiger partial charge in [0.1, 0.15) is 5.54 Å². The molecule has 0 unspecified atom stereocenters. The van der Waals surface area contributed by atoms with Gasteiger partial charge in [-0.15, -0.1) is 0 Å². The molecule has 0 aromatic carbocycles. The molecule has 9 heteroatoms. The summed E-state index contributed by atoms with van der Waals surface area (Å²) in [5, 5.41) is 19.7. The minimum atomic E-state index is -1.72. The van der Waals surface area contributed by atoms with Crippen LogP contribution in [0.15, 0.2) is 0 Å². The van der Waals surface area contributed by atoms with Crippen molar-refractivity contribution in [3.05, 3.63) is 0 Å². The van der Waals surface area contributed by atoms with E-state index in [2.05, 4.69) is 0 Å². The largest absolute Gasteiger partial charge is 0.479 e. The van der Waals surface area contributed by atoms with Crippen LogP contribution in [0.25, 0.3) is 0 Å². The first kappa shape index (κ1) is 21.9. The monoisotopic (exact) mass is 371 g/mol. The fourth-order valence-corrected chi connectivity index (χ4v) is 3.24. The number of hydrogen-bond acceptors (Lipinski definition) is 5. The van der Waals surface area contributed by atoms with Crippen LogP contribution < -0.4 is 0 Å². The molecule has 1 rings (SSSR count). The number of unbranched alkanes of at least 4 members (excludes halogenated alkanes) is 1. The van der Waals surface area contributed by atoms with Gasteiger partial charge in [0.15, 0.2) is 5.54 Å². The Kier molecular flexibility index (Phi) is 6.76. The van der Waals surface area contributed by atoms with E-state index in [0.717, 1.165) is 4.90 Å². The van der Waals surface area contributed by atoms with Gasteiger partial charge in [-0.05, 0) is 45.4 Å². The molecule has 9 nitrogen and oxygen atoms in total. The molecule has 0 aromatic rings. The summed E-state index contributed by atoms with van der Waals surface area (Å²) >= 11 is 0. The molecule has 1 aliphatic heterocycles. The average molecular weight is 371 g/mol. The first-order valence-corrected chi connectivity index (χ1v) is 8.68. The van der Waals surface area contributed by atoms with Crippen molar-refractivity contribution in [1.29, 1.82) is 0 Å². The molecule has 0 aliphatic carbocycles. The van der Waals surface area contributed by atoms with E-state index >= 15 is 0 Å². The van der Waals surface area contributed by atoms with Gasteiger partial charge >= 0.3 is 12.0 Å². The topological polar surface area (TPSA) is 118 Å². The molecular weight excluding hydrogens is 342 g/mol. The van der Waals surface area contributed by atoms with E-state index in [1.165, 1.54) is 4.90 Å². The molecule has 0 spiro atoms. The van der Waals surface area contributed by atoms with Gasteiger partial charge in [-0.3, -0.25) is 19.7 Å². The van der Waals surface area contributed by atoms with Gasteiger partial charge < -0.3 is 10.0 Å². The van der Waals surface area contributed by atoms with Crippen molar-refractivity contribution < 1.29 is 29.5 Å². The van der Waals surface area contributed by atoms with Crippen LogP contribution in [0.2, 0.25) is 0 Å². The Bertz CT molecular complexity index is 577. The average Bonchev–Trinajstić information content (AvgIpc) is 2.70. The summed E-state index contributed by atoms with van der Waals surface area (Å²) in [6.45, 7) is 7.10. The number of hydroxylamine groups is 2. The van der Waals surface area contributed by atoms with E-state index in [4.69, 9.17) is 0 Å². The zero-order valence-electron chi connectivity index (χ0n) is 16.1. The van der Waals surface area contributed by atoms with Gasteiger partial charge in [-0.1, -0.05) is 13.8 Å². The Morgan fingerprint density at radius 2 is 1.88 bits per heavy atom. The summed E-state index contributed by atoms with van der Waals surface area (Å²) in [5.74, 6) is -1.64. The third-order valence-electron chi connectivity index (χ3n) is 5.03. The number of imide groups is 1. The zero-order valence-corrected chi connectivity index (χ0v) is 16.1. The van der Waals surface area contributed by atoms with E-state index in [1.54, 1.807) is 34.7 Å². The minimum absolute atomic E-state index is 0.0191. The molecule has 2 N–H and O–H groups in total. The lowest BCUT2D eigenvalue weighted by atomic mass is 9.84. The van der Waals surface area contributed by atoms with E-state index < -0.39 is 17.0 Å². The molecule has 26 heavy (non-hydrogen) atoms. The Morgan fingerprint density at radius 1 is 1.31 bits per heavy atom. The maximum Gasteiger partial charge on any atom is 0.332 e. The van der Waals surface area contributed by atoms with Crippen LogP contribution in [0.5, 0.6) is 0 Å². The smallest absolute Gasteiger partial charge is 0.332 e. The number of carboxylic acids is 1. The molecule has 1 atom stereocenters. The summed E-state index contributed by atoms with van der Waals surface area (Å²) in [6, 6.07) is -0.386. The SMILES string of the molecule is CC(C)C[C@](CCCCN1C(=O)N(C)C(C)(C)C1=O)(C(=O)O)N(O)C=O. The number of carbonyl (C=O) groups is 4. The lowest BCUT2D eigenvalue weighted by molar-refractivity contribution is -0.199. The molecule has 0 bridgehead atoms. The summed E-state index contributed by atoms with van der Waals surface area (Å²) in [5.41, 5.74) is -2.62. The van der Waals surface area contributed by atoms with Crippen molar-refractivity contribution in [2.24, 2.45) is 5.92 Å². The number of likely N-dealkylation sites (N-methyl/N-ethyl adjacent to an activating group) is 1. The number of hydrogen-bond donors (Lipinski definition) is 2. The molecular formula is C17H29N3O6. The lowest BCUT2D eigenvalue weighted by Crippen LogP contribution is -2.53. The molecule has 0 aromatic heterocycles. The Hall–Kier alpha value is -2.16. The quantitative estimate of drug-likeness (QED) is 0.198. The highest BCUT2D eigenvalue weighted by Crippen LogP contribution is 2.30.